The molecule has 0 saturated heterocycles. The largest absolute Gasteiger partial charge is 0.488 e. The van der Waals surface area contributed by atoms with Crippen molar-refractivity contribution in [2.45, 2.75) is 32.9 Å². The number of carbonyl (C=O) groups is 1. The third kappa shape index (κ3) is 5.84. The van der Waals surface area contributed by atoms with Crippen molar-refractivity contribution in [3.05, 3.63) is 57.5 Å². The van der Waals surface area contributed by atoms with Crippen LogP contribution in [0.5, 0.6) is 5.75 Å². The lowest BCUT2D eigenvalue weighted by atomic mass is 10.1. The first-order chi connectivity index (χ1) is 12.4. The van der Waals surface area contributed by atoms with E-state index in [1.54, 1.807) is 0 Å². The number of H-pyrrole nitrogens is 1. The predicted molar refractivity (Wildman–Crippen MR) is 104 cm³/mol. The number of amides is 1. The van der Waals surface area contributed by atoms with E-state index in [1.807, 2.05) is 39.0 Å². The molecule has 1 amide bonds. The quantitative estimate of drug-likeness (QED) is 0.741. The fourth-order valence-corrected chi connectivity index (χ4v) is 3.28. The molecule has 0 bridgehead atoms. The summed E-state index contributed by atoms with van der Waals surface area (Å²) in [6.07, 6.45) is 2.28. The first-order valence-corrected chi connectivity index (χ1v) is 9.94. The van der Waals surface area contributed by atoms with Crippen LogP contribution in [0.2, 0.25) is 0 Å². The number of aryl methyl sites for hydroxylation is 2. The number of pyridine rings is 1. The fraction of sp³-hybridized carbons (Fsp3) is 0.368. The molecule has 1 atom stereocenters. The highest BCUT2D eigenvalue weighted by molar-refractivity contribution is 7.84. The molecule has 0 spiro atoms. The van der Waals surface area contributed by atoms with Gasteiger partial charge in [-0.1, -0.05) is 13.0 Å². The maximum Gasteiger partial charge on any atom is 0.237 e. The molecule has 0 fully saturated rings. The van der Waals surface area contributed by atoms with Gasteiger partial charge in [0.05, 0.1) is 12.4 Å². The number of carbonyl (C=O) groups excluding carboxylic acids is 1. The van der Waals surface area contributed by atoms with Crippen LogP contribution in [-0.4, -0.2) is 27.5 Å². The van der Waals surface area contributed by atoms with Gasteiger partial charge in [0.2, 0.25) is 11.3 Å². The molecular formula is C19H24N2O4S. The predicted octanol–water partition coefficient (Wildman–Crippen LogP) is 2.67. The minimum absolute atomic E-state index is 0.101. The highest BCUT2D eigenvalue weighted by Gasteiger charge is 2.11. The van der Waals surface area contributed by atoms with Gasteiger partial charge in [0.25, 0.3) is 0 Å². The van der Waals surface area contributed by atoms with Gasteiger partial charge in [-0.3, -0.25) is 13.8 Å². The summed E-state index contributed by atoms with van der Waals surface area (Å²) in [5.41, 5.74) is 3.15. The van der Waals surface area contributed by atoms with Crippen LogP contribution >= 0.6 is 0 Å². The second-order valence-electron chi connectivity index (χ2n) is 6.11. The van der Waals surface area contributed by atoms with Gasteiger partial charge < -0.3 is 15.0 Å². The van der Waals surface area contributed by atoms with Crippen LogP contribution < -0.4 is 15.5 Å². The van der Waals surface area contributed by atoms with Crippen molar-refractivity contribution in [2.24, 2.45) is 0 Å². The Hall–Kier alpha value is -2.41. The normalized spacial score (nSPS) is 11.8. The van der Waals surface area contributed by atoms with E-state index in [0.717, 1.165) is 17.5 Å². The van der Waals surface area contributed by atoms with Crippen molar-refractivity contribution in [1.82, 2.24) is 4.98 Å². The Labute approximate surface area is 155 Å². The van der Waals surface area contributed by atoms with E-state index in [0.29, 0.717) is 18.0 Å². The van der Waals surface area contributed by atoms with Crippen molar-refractivity contribution in [1.29, 1.82) is 0 Å². The topological polar surface area (TPSA) is 88.3 Å². The first-order valence-electron chi connectivity index (χ1n) is 8.45. The molecule has 6 nitrogen and oxygen atoms in total. The number of anilines is 1. The zero-order chi connectivity index (χ0) is 19.1. The second-order valence-corrected chi connectivity index (χ2v) is 7.57. The van der Waals surface area contributed by atoms with E-state index in [-0.39, 0.29) is 28.6 Å². The Kier molecular flexibility index (Phi) is 7.15. The van der Waals surface area contributed by atoms with Crippen molar-refractivity contribution in [3.8, 4) is 5.75 Å². The first kappa shape index (κ1) is 19.9. The average Bonchev–Trinajstić information content (AvgIpc) is 2.57. The van der Waals surface area contributed by atoms with E-state index < -0.39 is 10.8 Å². The highest BCUT2D eigenvalue weighted by Crippen LogP contribution is 2.14. The maximum atomic E-state index is 12.2. The number of benzene rings is 1. The van der Waals surface area contributed by atoms with Crippen molar-refractivity contribution in [2.75, 3.05) is 17.7 Å². The summed E-state index contributed by atoms with van der Waals surface area (Å²) in [6.45, 7) is 6.38. The lowest BCUT2D eigenvalue weighted by Gasteiger charge is -2.08. The van der Waals surface area contributed by atoms with Crippen LogP contribution in [0, 0.1) is 13.8 Å². The summed E-state index contributed by atoms with van der Waals surface area (Å²) in [5.74, 6) is -0.113. The van der Waals surface area contributed by atoms with Crippen LogP contribution in [0.15, 0.2) is 35.3 Å². The van der Waals surface area contributed by atoms with E-state index in [1.165, 1.54) is 12.3 Å². The molecule has 140 valence electrons. The second kappa shape index (κ2) is 9.33. The summed E-state index contributed by atoms with van der Waals surface area (Å²) in [5, 5.41) is 2.75. The molecule has 2 rings (SSSR count). The number of aromatic amines is 1. The van der Waals surface area contributed by atoms with Gasteiger partial charge in [-0.05, 0) is 43.5 Å². The van der Waals surface area contributed by atoms with Crippen molar-refractivity contribution < 1.29 is 13.7 Å². The lowest BCUT2D eigenvalue weighted by molar-refractivity contribution is -0.113. The minimum atomic E-state index is -1.43. The Balaban J connectivity index is 1.91. The summed E-state index contributed by atoms with van der Waals surface area (Å²) in [6, 6.07) is 6.98. The highest BCUT2D eigenvalue weighted by atomic mass is 32.2. The monoisotopic (exact) mass is 376 g/mol. The Morgan fingerprint density at radius 2 is 2.00 bits per heavy atom. The van der Waals surface area contributed by atoms with Crippen molar-refractivity contribution >= 4 is 22.4 Å². The molecule has 1 unspecified atom stereocenters. The number of nitrogens with one attached hydrogen (secondary N) is 2. The number of hydrogen-bond donors (Lipinski definition) is 2. The zero-order valence-corrected chi connectivity index (χ0v) is 16.1. The van der Waals surface area contributed by atoms with Gasteiger partial charge in [0, 0.05) is 34.4 Å². The van der Waals surface area contributed by atoms with Crippen LogP contribution in [0.4, 0.5) is 5.69 Å². The third-order valence-electron chi connectivity index (χ3n) is 3.80. The van der Waals surface area contributed by atoms with Crippen molar-refractivity contribution in [3.63, 3.8) is 0 Å². The fourth-order valence-electron chi connectivity index (χ4n) is 2.30. The molecule has 0 aliphatic rings. The molecule has 2 N–H and O–H groups in total. The summed E-state index contributed by atoms with van der Waals surface area (Å²) >= 11 is 0. The number of hydrogen-bond acceptors (Lipinski definition) is 4. The van der Waals surface area contributed by atoms with Crippen LogP contribution in [-0.2, 0) is 21.3 Å². The molecule has 0 aliphatic heterocycles. The Morgan fingerprint density at radius 1 is 1.23 bits per heavy atom. The molecule has 1 aromatic carbocycles. The number of aromatic nitrogens is 1. The third-order valence-corrected chi connectivity index (χ3v) is 5.01. The molecule has 0 aliphatic carbocycles. The molecule has 2 aromatic rings. The molecule has 1 heterocycles. The average molecular weight is 376 g/mol. The number of ether oxygens (including phenoxy) is 1. The molecule has 1 aromatic heterocycles. The standard InChI is InChI=1S/C19H24N2O4S/c1-4-7-25-18-10-20-16(9-17(18)22)11-26(24)12-19(23)21-15-6-5-13(2)14(3)8-15/h5-6,8-10H,4,7,11-12H2,1-3H3,(H,20,22)(H,21,23). The Morgan fingerprint density at radius 3 is 2.65 bits per heavy atom. The van der Waals surface area contributed by atoms with E-state index in [4.69, 9.17) is 4.74 Å². The van der Waals surface area contributed by atoms with Crippen LogP contribution in [0.3, 0.4) is 0 Å². The van der Waals surface area contributed by atoms with Crippen LogP contribution in [0.25, 0.3) is 0 Å². The van der Waals surface area contributed by atoms with Crippen LogP contribution in [0.1, 0.15) is 30.2 Å². The van der Waals surface area contributed by atoms with Gasteiger partial charge in [-0.15, -0.1) is 0 Å². The molecular weight excluding hydrogens is 352 g/mol. The van der Waals surface area contributed by atoms with Gasteiger partial charge in [-0.25, -0.2) is 0 Å². The SMILES string of the molecule is CCCOc1c[nH]c(CS(=O)CC(=O)Nc2ccc(C)c(C)c2)cc1=O. The molecule has 7 heteroatoms. The lowest BCUT2D eigenvalue weighted by Crippen LogP contribution is -2.21. The smallest absolute Gasteiger partial charge is 0.237 e. The van der Waals surface area contributed by atoms with Gasteiger partial charge in [-0.2, -0.15) is 0 Å². The van der Waals surface area contributed by atoms with E-state index in [2.05, 4.69) is 10.3 Å². The van der Waals surface area contributed by atoms with E-state index in [9.17, 15) is 13.8 Å². The zero-order valence-electron chi connectivity index (χ0n) is 15.3. The van der Waals surface area contributed by atoms with Gasteiger partial charge in [0.1, 0.15) is 5.75 Å². The summed E-state index contributed by atoms with van der Waals surface area (Å²) in [7, 11) is -1.43. The maximum absolute atomic E-state index is 12.2. The molecule has 0 radical (unpaired) electrons. The minimum Gasteiger partial charge on any atom is -0.488 e. The molecule has 26 heavy (non-hydrogen) atoms. The van der Waals surface area contributed by atoms with Gasteiger partial charge >= 0.3 is 0 Å². The van der Waals surface area contributed by atoms with E-state index >= 15 is 0 Å². The summed E-state index contributed by atoms with van der Waals surface area (Å²) < 4.78 is 17.5. The Bertz CT molecular complexity index is 861. The number of rotatable bonds is 8. The van der Waals surface area contributed by atoms with Gasteiger partial charge in [0.15, 0.2) is 5.75 Å². The summed E-state index contributed by atoms with van der Waals surface area (Å²) in [4.78, 5) is 26.9. The molecule has 0 saturated carbocycles.